The van der Waals surface area contributed by atoms with Gasteiger partial charge in [-0.05, 0) is 67.4 Å². The quantitative estimate of drug-likeness (QED) is 0.632. The van der Waals surface area contributed by atoms with Gasteiger partial charge in [-0.3, -0.25) is 4.98 Å². The van der Waals surface area contributed by atoms with E-state index in [9.17, 15) is 4.39 Å². The van der Waals surface area contributed by atoms with E-state index in [4.69, 9.17) is 0 Å². The van der Waals surface area contributed by atoms with E-state index in [1.54, 1.807) is 6.08 Å². The molecule has 0 spiro atoms. The minimum absolute atomic E-state index is 0.0185. The summed E-state index contributed by atoms with van der Waals surface area (Å²) < 4.78 is 14.1. The molecular weight excluding hydrogens is 273 g/mol. The van der Waals surface area contributed by atoms with E-state index >= 15 is 0 Å². The van der Waals surface area contributed by atoms with Crippen molar-refractivity contribution in [2.45, 2.75) is 41.0 Å². The van der Waals surface area contributed by atoms with Gasteiger partial charge >= 0.3 is 0 Å². The number of hydrogen-bond acceptors (Lipinski definition) is 1. The summed E-state index contributed by atoms with van der Waals surface area (Å²) in [6, 6.07) is 4.03. The van der Waals surface area contributed by atoms with E-state index in [-0.39, 0.29) is 11.7 Å². The molecule has 0 saturated carbocycles. The van der Waals surface area contributed by atoms with Crippen molar-refractivity contribution in [2.24, 2.45) is 17.8 Å². The molecule has 2 unspecified atom stereocenters. The van der Waals surface area contributed by atoms with Crippen molar-refractivity contribution in [2.75, 3.05) is 0 Å². The van der Waals surface area contributed by atoms with Crippen molar-refractivity contribution in [3.63, 3.8) is 0 Å². The first-order valence-corrected chi connectivity index (χ1v) is 8.07. The van der Waals surface area contributed by atoms with Crippen LogP contribution < -0.4 is 0 Å². The molecule has 0 fully saturated rings. The van der Waals surface area contributed by atoms with Gasteiger partial charge in [0.1, 0.15) is 5.83 Å². The number of halogens is 1. The van der Waals surface area contributed by atoms with Crippen LogP contribution >= 0.6 is 0 Å². The van der Waals surface area contributed by atoms with E-state index in [1.165, 1.54) is 5.57 Å². The molecule has 1 aromatic rings. The highest BCUT2D eigenvalue weighted by Crippen LogP contribution is 2.43. The summed E-state index contributed by atoms with van der Waals surface area (Å²) in [4.78, 5) is 4.60. The van der Waals surface area contributed by atoms with E-state index in [2.05, 4.69) is 44.0 Å². The fourth-order valence-corrected chi connectivity index (χ4v) is 3.48. The normalized spacial score (nSPS) is 20.7. The molecule has 1 aliphatic carbocycles. The molecule has 0 aliphatic heterocycles. The summed E-state index contributed by atoms with van der Waals surface area (Å²) >= 11 is 0. The number of aromatic nitrogens is 1. The molecule has 22 heavy (non-hydrogen) atoms. The van der Waals surface area contributed by atoms with Gasteiger partial charge < -0.3 is 0 Å². The zero-order valence-electron chi connectivity index (χ0n) is 14.2. The summed E-state index contributed by atoms with van der Waals surface area (Å²) in [5, 5.41) is 0. The molecule has 1 aromatic heterocycles. The molecule has 1 nitrogen and oxygen atoms in total. The second kappa shape index (κ2) is 7.04. The maximum Gasteiger partial charge on any atom is 0.101 e. The molecular formula is C20H26FN. The van der Waals surface area contributed by atoms with Gasteiger partial charge in [-0.25, -0.2) is 4.39 Å². The summed E-state index contributed by atoms with van der Waals surface area (Å²) in [5.74, 6) is 0.902. The van der Waals surface area contributed by atoms with E-state index in [0.717, 1.165) is 16.8 Å². The Hall–Kier alpha value is -1.70. The SMILES string of the molecule is CC=CC(C(C)C)C1CC(F)=CC(C)=C1c1ncccc1C. The maximum absolute atomic E-state index is 14.1. The molecule has 0 bridgehead atoms. The minimum Gasteiger partial charge on any atom is -0.256 e. The van der Waals surface area contributed by atoms with Gasteiger partial charge in [0.05, 0.1) is 5.69 Å². The summed E-state index contributed by atoms with van der Waals surface area (Å²) in [6.45, 7) is 10.5. The molecule has 2 rings (SSSR count). The van der Waals surface area contributed by atoms with Crippen LogP contribution in [0.5, 0.6) is 0 Å². The van der Waals surface area contributed by atoms with Crippen molar-refractivity contribution >= 4 is 5.57 Å². The van der Waals surface area contributed by atoms with Crippen molar-refractivity contribution in [3.8, 4) is 0 Å². The zero-order chi connectivity index (χ0) is 16.3. The molecule has 0 radical (unpaired) electrons. The second-order valence-electron chi connectivity index (χ2n) is 6.51. The molecule has 118 valence electrons. The molecule has 0 saturated heterocycles. The summed E-state index contributed by atoms with van der Waals surface area (Å²) in [6.07, 6.45) is 8.27. The Morgan fingerprint density at radius 3 is 2.64 bits per heavy atom. The number of pyridine rings is 1. The number of hydrogen-bond donors (Lipinski definition) is 0. The fraction of sp³-hybridized carbons (Fsp3) is 0.450. The van der Waals surface area contributed by atoms with Crippen LogP contribution in [-0.4, -0.2) is 4.98 Å². The standard InChI is InChI=1S/C20H26FN/c1-6-8-17(13(2)3)18-12-16(21)11-15(5)19(18)20-14(4)9-7-10-22-20/h6-11,13,17-18H,12H2,1-5H3. The number of aryl methyl sites for hydroxylation is 1. The van der Waals surface area contributed by atoms with Gasteiger partial charge in [0.2, 0.25) is 0 Å². The van der Waals surface area contributed by atoms with Crippen LogP contribution in [0.2, 0.25) is 0 Å². The topological polar surface area (TPSA) is 12.9 Å². The van der Waals surface area contributed by atoms with Crippen molar-refractivity contribution < 1.29 is 4.39 Å². The van der Waals surface area contributed by atoms with Crippen LogP contribution in [0, 0.1) is 24.7 Å². The molecule has 0 aromatic carbocycles. The lowest BCUT2D eigenvalue weighted by atomic mass is 9.72. The fourth-order valence-electron chi connectivity index (χ4n) is 3.48. The van der Waals surface area contributed by atoms with E-state index in [0.29, 0.717) is 18.3 Å². The van der Waals surface area contributed by atoms with Gasteiger partial charge in [-0.15, -0.1) is 0 Å². The Bertz CT molecular complexity index is 622. The highest BCUT2D eigenvalue weighted by molar-refractivity contribution is 5.73. The lowest BCUT2D eigenvalue weighted by Crippen LogP contribution is -2.23. The summed E-state index contributed by atoms with van der Waals surface area (Å²) in [5.41, 5.74) is 4.38. The average molecular weight is 299 g/mol. The average Bonchev–Trinajstić information content (AvgIpc) is 2.45. The van der Waals surface area contributed by atoms with Gasteiger partial charge in [-0.2, -0.15) is 0 Å². The molecule has 2 heteroatoms. The number of rotatable bonds is 4. The third kappa shape index (κ3) is 3.37. The Labute approximate surface area is 133 Å². The molecule has 1 heterocycles. The Morgan fingerprint density at radius 1 is 1.32 bits per heavy atom. The lowest BCUT2D eigenvalue weighted by Gasteiger charge is -2.33. The van der Waals surface area contributed by atoms with Crippen molar-refractivity contribution in [1.82, 2.24) is 4.98 Å². The molecule has 0 amide bonds. The number of nitrogens with zero attached hydrogens (tertiary/aromatic N) is 1. The van der Waals surface area contributed by atoms with E-state index < -0.39 is 0 Å². The van der Waals surface area contributed by atoms with Gasteiger partial charge in [0, 0.05) is 12.6 Å². The monoisotopic (exact) mass is 299 g/mol. The molecule has 2 atom stereocenters. The minimum atomic E-state index is -0.0185. The third-order valence-corrected chi connectivity index (χ3v) is 4.50. The van der Waals surface area contributed by atoms with Crippen LogP contribution in [0.4, 0.5) is 4.39 Å². The van der Waals surface area contributed by atoms with Gasteiger partial charge in [-0.1, -0.05) is 32.1 Å². The predicted octanol–water partition coefficient (Wildman–Crippen LogP) is 5.89. The van der Waals surface area contributed by atoms with Crippen LogP contribution in [-0.2, 0) is 0 Å². The van der Waals surface area contributed by atoms with Crippen molar-refractivity contribution in [1.29, 1.82) is 0 Å². The second-order valence-corrected chi connectivity index (χ2v) is 6.51. The molecule has 0 N–H and O–H groups in total. The lowest BCUT2D eigenvalue weighted by molar-refractivity contribution is 0.349. The predicted molar refractivity (Wildman–Crippen MR) is 92.0 cm³/mol. The highest BCUT2D eigenvalue weighted by Gasteiger charge is 2.32. The first-order chi connectivity index (χ1) is 10.5. The Kier molecular flexibility index (Phi) is 5.33. The van der Waals surface area contributed by atoms with Gasteiger partial charge in [0.15, 0.2) is 0 Å². The Morgan fingerprint density at radius 2 is 2.05 bits per heavy atom. The van der Waals surface area contributed by atoms with Crippen LogP contribution in [0.1, 0.15) is 45.4 Å². The zero-order valence-corrected chi connectivity index (χ0v) is 14.2. The summed E-state index contributed by atoms with van der Waals surface area (Å²) in [7, 11) is 0. The van der Waals surface area contributed by atoms with E-state index in [1.807, 2.05) is 26.1 Å². The Balaban J connectivity index is 2.58. The number of allylic oxidation sites excluding steroid dienone is 6. The smallest absolute Gasteiger partial charge is 0.101 e. The largest absolute Gasteiger partial charge is 0.256 e. The maximum atomic E-state index is 14.1. The van der Waals surface area contributed by atoms with Gasteiger partial charge in [0.25, 0.3) is 0 Å². The first kappa shape index (κ1) is 16.7. The molecule has 1 aliphatic rings. The first-order valence-electron chi connectivity index (χ1n) is 8.07. The van der Waals surface area contributed by atoms with Crippen molar-refractivity contribution in [3.05, 3.63) is 59.2 Å². The van der Waals surface area contributed by atoms with Crippen LogP contribution in [0.25, 0.3) is 5.57 Å². The third-order valence-electron chi connectivity index (χ3n) is 4.50. The van der Waals surface area contributed by atoms with Crippen LogP contribution in [0.3, 0.4) is 0 Å². The highest BCUT2D eigenvalue weighted by atomic mass is 19.1. The van der Waals surface area contributed by atoms with Crippen LogP contribution in [0.15, 0.2) is 48.0 Å².